The molecule has 0 spiro atoms. The molecule has 0 bridgehead atoms. The van der Waals surface area contributed by atoms with Crippen LogP contribution in [0.4, 0.5) is 17.1 Å². The van der Waals surface area contributed by atoms with E-state index in [1.54, 1.807) is 0 Å². The van der Waals surface area contributed by atoms with Gasteiger partial charge < -0.3 is 9.64 Å². The summed E-state index contributed by atoms with van der Waals surface area (Å²) in [6.45, 7) is 1.94. The number of terminal acetylenes is 1. The number of fused-ring (bicyclic) bond motifs is 2. The Bertz CT molecular complexity index is 2110. The van der Waals surface area contributed by atoms with Crippen LogP contribution in [0.15, 0.2) is 146 Å². The first kappa shape index (κ1) is 27.6. The zero-order chi connectivity index (χ0) is 30.6. The number of nitrogens with zero attached hydrogens (tertiary/aromatic N) is 4. The Kier molecular flexibility index (Phi) is 7.45. The number of aromatic nitrogens is 3. The fraction of sp³-hybridized carbons (Fsp3) is 0.0250. The fourth-order valence-electron chi connectivity index (χ4n) is 5.42. The molecule has 45 heavy (non-hydrogen) atoms. The van der Waals surface area contributed by atoms with Gasteiger partial charge in [0.15, 0.2) is 29.0 Å². The maximum atomic E-state index is 6.50. The van der Waals surface area contributed by atoms with E-state index in [0.717, 1.165) is 50.8 Å². The average molecular weight is 581 g/mol. The predicted octanol–water partition coefficient (Wildman–Crippen LogP) is 10.0. The third-order valence-corrected chi connectivity index (χ3v) is 7.54. The second-order valence-electron chi connectivity index (χ2n) is 10.4. The van der Waals surface area contributed by atoms with Gasteiger partial charge in [-0.05, 0) is 60.5 Å². The van der Waals surface area contributed by atoms with Crippen LogP contribution >= 0.6 is 0 Å². The van der Waals surface area contributed by atoms with Crippen LogP contribution in [0.3, 0.4) is 0 Å². The average Bonchev–Trinajstić information content (AvgIpc) is 3.11. The van der Waals surface area contributed by atoms with E-state index in [-0.39, 0.29) is 0 Å². The van der Waals surface area contributed by atoms with Crippen molar-refractivity contribution in [3.63, 3.8) is 0 Å². The highest BCUT2D eigenvalue weighted by Crippen LogP contribution is 2.51. The number of benzene rings is 5. The van der Waals surface area contributed by atoms with Gasteiger partial charge in [0.2, 0.25) is 0 Å². The summed E-state index contributed by atoms with van der Waals surface area (Å²) in [5.41, 5.74) is 7.26. The molecule has 0 saturated heterocycles. The van der Waals surface area contributed by atoms with Crippen molar-refractivity contribution in [2.24, 2.45) is 0 Å². The van der Waals surface area contributed by atoms with Crippen molar-refractivity contribution in [1.29, 1.82) is 0 Å². The van der Waals surface area contributed by atoms with E-state index in [4.69, 9.17) is 26.1 Å². The van der Waals surface area contributed by atoms with E-state index in [1.807, 2.05) is 110 Å². The van der Waals surface area contributed by atoms with Gasteiger partial charge in [-0.3, -0.25) is 0 Å². The van der Waals surface area contributed by atoms with Gasteiger partial charge in [0, 0.05) is 16.8 Å². The van der Waals surface area contributed by atoms with Crippen molar-refractivity contribution in [3.05, 3.63) is 151 Å². The molecule has 0 fully saturated rings. The Morgan fingerprint density at radius 2 is 1.33 bits per heavy atom. The number of rotatable bonds is 6. The summed E-state index contributed by atoms with van der Waals surface area (Å²) >= 11 is 0. The van der Waals surface area contributed by atoms with Gasteiger partial charge in [-0.15, -0.1) is 6.42 Å². The molecule has 214 valence electrons. The number of hydrogen-bond acceptors (Lipinski definition) is 5. The molecule has 0 saturated carbocycles. The second kappa shape index (κ2) is 12.2. The van der Waals surface area contributed by atoms with Gasteiger partial charge in [0.1, 0.15) is 0 Å². The lowest BCUT2D eigenvalue weighted by atomic mass is 9.97. The van der Waals surface area contributed by atoms with Gasteiger partial charge in [-0.1, -0.05) is 109 Å². The number of ether oxygens (including phenoxy) is 1. The van der Waals surface area contributed by atoms with E-state index in [2.05, 4.69) is 53.3 Å². The molecule has 5 aromatic carbocycles. The van der Waals surface area contributed by atoms with Crippen molar-refractivity contribution in [2.75, 3.05) is 4.90 Å². The Morgan fingerprint density at radius 3 is 2.11 bits per heavy atom. The highest BCUT2D eigenvalue weighted by molar-refractivity contribution is 5.90. The molecule has 1 aromatic heterocycles. The summed E-state index contributed by atoms with van der Waals surface area (Å²) in [6, 6.07) is 42.7. The summed E-state index contributed by atoms with van der Waals surface area (Å²) in [4.78, 5) is 16.9. The van der Waals surface area contributed by atoms with Crippen LogP contribution in [0.25, 0.3) is 39.5 Å². The topological polar surface area (TPSA) is 51.1 Å². The molecule has 0 aliphatic carbocycles. The van der Waals surface area contributed by atoms with Gasteiger partial charge in [-0.2, -0.15) is 0 Å². The third-order valence-electron chi connectivity index (χ3n) is 7.54. The van der Waals surface area contributed by atoms with Crippen molar-refractivity contribution < 1.29 is 4.74 Å². The quantitative estimate of drug-likeness (QED) is 0.145. The molecule has 5 nitrogen and oxygen atoms in total. The third kappa shape index (κ3) is 5.37. The fourth-order valence-corrected chi connectivity index (χ4v) is 5.42. The monoisotopic (exact) mass is 580 g/mol. The van der Waals surface area contributed by atoms with E-state index in [1.165, 1.54) is 0 Å². The lowest BCUT2D eigenvalue weighted by Gasteiger charge is -2.33. The Hall–Kier alpha value is -6.25. The molecule has 0 unspecified atom stereocenters. The Morgan fingerprint density at radius 1 is 0.667 bits per heavy atom. The minimum absolute atomic E-state index is 0.443. The van der Waals surface area contributed by atoms with Crippen molar-refractivity contribution in [1.82, 2.24) is 15.0 Å². The lowest BCUT2D eigenvalue weighted by molar-refractivity contribution is 0.477. The van der Waals surface area contributed by atoms with E-state index < -0.39 is 0 Å². The minimum Gasteiger partial charge on any atom is -0.453 e. The zero-order valence-corrected chi connectivity index (χ0v) is 24.6. The highest BCUT2D eigenvalue weighted by atomic mass is 16.5. The molecule has 0 radical (unpaired) electrons. The maximum absolute atomic E-state index is 6.50. The SMILES string of the molecule is C#C/C(=C\C=C/C)c1nc(-c2ccccc2)nc(-c2ccccc2-c2ccc3c(c2)Oc2ccccc2N3c2ccccc2)n1. The molecule has 0 atom stereocenters. The largest absolute Gasteiger partial charge is 0.453 e. The van der Waals surface area contributed by atoms with Gasteiger partial charge in [0.05, 0.1) is 16.9 Å². The van der Waals surface area contributed by atoms with Gasteiger partial charge in [-0.25, -0.2) is 15.0 Å². The molecule has 0 amide bonds. The molecule has 2 heterocycles. The van der Waals surface area contributed by atoms with Crippen LogP contribution in [0.5, 0.6) is 11.5 Å². The molecular formula is C40H28N4O. The smallest absolute Gasteiger partial charge is 0.172 e. The van der Waals surface area contributed by atoms with Crippen molar-refractivity contribution in [2.45, 2.75) is 6.92 Å². The normalized spacial score (nSPS) is 12.3. The summed E-state index contributed by atoms with van der Waals surface area (Å²) in [6.07, 6.45) is 11.6. The molecular weight excluding hydrogens is 552 g/mol. The lowest BCUT2D eigenvalue weighted by Crippen LogP contribution is -2.15. The standard InChI is InChI=1S/C40H28N4O/c1-3-5-16-28(4-2)38-41-39(29-17-8-6-9-18-29)43-40(42-38)33-22-13-12-21-32(33)30-25-26-35-37(27-30)45-36-24-15-14-23-34(36)44(35)31-19-10-7-11-20-31/h2-3,5-27H,1H3/b5-3-,28-16+. The number of para-hydroxylation sites is 3. The van der Waals surface area contributed by atoms with Gasteiger partial charge >= 0.3 is 0 Å². The Labute approximate surface area is 262 Å². The van der Waals surface area contributed by atoms with E-state index in [9.17, 15) is 0 Å². The van der Waals surface area contributed by atoms with E-state index >= 15 is 0 Å². The zero-order valence-electron chi connectivity index (χ0n) is 24.6. The second-order valence-corrected chi connectivity index (χ2v) is 10.4. The van der Waals surface area contributed by atoms with Crippen LogP contribution in [0, 0.1) is 12.3 Å². The minimum atomic E-state index is 0.443. The first-order valence-electron chi connectivity index (χ1n) is 14.7. The van der Waals surface area contributed by atoms with Crippen LogP contribution in [-0.2, 0) is 0 Å². The maximum Gasteiger partial charge on any atom is 0.172 e. The number of allylic oxidation sites excluding steroid dienone is 4. The van der Waals surface area contributed by atoms with Crippen LogP contribution < -0.4 is 9.64 Å². The number of anilines is 3. The summed E-state index contributed by atoms with van der Waals surface area (Å²) < 4.78 is 6.50. The predicted molar refractivity (Wildman–Crippen MR) is 183 cm³/mol. The highest BCUT2D eigenvalue weighted by Gasteiger charge is 2.26. The molecule has 1 aliphatic heterocycles. The van der Waals surface area contributed by atoms with Crippen LogP contribution in [0.2, 0.25) is 0 Å². The van der Waals surface area contributed by atoms with E-state index in [0.29, 0.717) is 23.0 Å². The first-order chi connectivity index (χ1) is 22.2. The summed E-state index contributed by atoms with van der Waals surface area (Å²) in [7, 11) is 0. The van der Waals surface area contributed by atoms with Crippen molar-refractivity contribution >= 4 is 22.6 Å². The molecule has 6 aromatic rings. The Balaban J connectivity index is 1.38. The molecule has 7 rings (SSSR count). The molecule has 0 N–H and O–H groups in total. The van der Waals surface area contributed by atoms with Gasteiger partial charge in [0.25, 0.3) is 0 Å². The number of hydrogen-bond donors (Lipinski definition) is 0. The first-order valence-corrected chi connectivity index (χ1v) is 14.7. The van der Waals surface area contributed by atoms with Crippen molar-refractivity contribution in [3.8, 4) is 57.7 Å². The molecule has 1 aliphatic rings. The van der Waals surface area contributed by atoms with Crippen LogP contribution in [0.1, 0.15) is 12.7 Å². The molecule has 5 heteroatoms. The summed E-state index contributed by atoms with van der Waals surface area (Å²) in [5, 5.41) is 0. The van der Waals surface area contributed by atoms with Crippen LogP contribution in [-0.4, -0.2) is 15.0 Å². The summed E-state index contributed by atoms with van der Waals surface area (Å²) in [5.74, 6) is 5.83.